The van der Waals surface area contributed by atoms with E-state index >= 15 is 0 Å². The van der Waals surface area contributed by atoms with Crippen LogP contribution in [-0.2, 0) is 4.79 Å². The molecule has 1 aromatic rings. The molecule has 1 heterocycles. The van der Waals surface area contributed by atoms with Gasteiger partial charge in [0, 0.05) is 13.1 Å². The molecule has 106 valence electrons. The highest BCUT2D eigenvalue weighted by Crippen LogP contribution is 2.27. The Balaban J connectivity index is 2.03. The number of methoxy groups -OCH3 is 1. The lowest BCUT2D eigenvalue weighted by Crippen LogP contribution is -2.39. The molecular formula is C15H19N3O2. The molecule has 1 amide bonds. The predicted molar refractivity (Wildman–Crippen MR) is 76.6 cm³/mol. The van der Waals surface area contributed by atoms with Crippen LogP contribution >= 0.6 is 0 Å². The van der Waals surface area contributed by atoms with E-state index in [1.807, 2.05) is 4.90 Å². The van der Waals surface area contributed by atoms with E-state index in [-0.39, 0.29) is 12.5 Å². The van der Waals surface area contributed by atoms with Crippen molar-refractivity contribution < 1.29 is 9.53 Å². The second kappa shape index (κ2) is 6.80. The number of para-hydroxylation sites is 1. The van der Waals surface area contributed by atoms with Crippen molar-refractivity contribution in [3.63, 3.8) is 0 Å². The van der Waals surface area contributed by atoms with Crippen LogP contribution in [0.3, 0.4) is 0 Å². The number of likely N-dealkylation sites (tertiary alicyclic amines) is 1. The van der Waals surface area contributed by atoms with Crippen molar-refractivity contribution in [2.24, 2.45) is 0 Å². The molecule has 0 atom stereocenters. The monoisotopic (exact) mass is 273 g/mol. The van der Waals surface area contributed by atoms with Crippen LogP contribution in [0.25, 0.3) is 0 Å². The first-order valence-corrected chi connectivity index (χ1v) is 6.85. The fourth-order valence-corrected chi connectivity index (χ4v) is 2.40. The van der Waals surface area contributed by atoms with Gasteiger partial charge in [0.25, 0.3) is 0 Å². The molecule has 0 saturated carbocycles. The molecule has 2 rings (SSSR count). The van der Waals surface area contributed by atoms with Gasteiger partial charge in [-0.1, -0.05) is 6.07 Å². The third-order valence-corrected chi connectivity index (χ3v) is 3.49. The molecule has 0 aliphatic carbocycles. The molecule has 20 heavy (non-hydrogen) atoms. The molecule has 0 bridgehead atoms. The quantitative estimate of drug-likeness (QED) is 0.911. The van der Waals surface area contributed by atoms with Crippen LogP contribution in [0, 0.1) is 11.3 Å². The van der Waals surface area contributed by atoms with E-state index in [1.54, 1.807) is 25.3 Å². The molecule has 5 heteroatoms. The molecule has 1 saturated heterocycles. The normalized spacial score (nSPS) is 14.5. The van der Waals surface area contributed by atoms with Gasteiger partial charge < -0.3 is 15.0 Å². The summed E-state index contributed by atoms with van der Waals surface area (Å²) in [7, 11) is 1.55. The second-order valence-corrected chi connectivity index (χ2v) is 4.79. The molecule has 0 unspecified atom stereocenters. The number of amides is 1. The summed E-state index contributed by atoms with van der Waals surface area (Å²) in [5.74, 6) is 0.648. The molecule has 0 spiro atoms. The highest BCUT2D eigenvalue weighted by atomic mass is 16.5. The van der Waals surface area contributed by atoms with Crippen LogP contribution in [0.1, 0.15) is 24.8 Å². The number of rotatable bonds is 4. The zero-order valence-corrected chi connectivity index (χ0v) is 11.7. The fraction of sp³-hybridized carbons (Fsp3) is 0.467. The Labute approximate surface area is 119 Å². The third kappa shape index (κ3) is 3.21. The minimum absolute atomic E-state index is 0.0690. The lowest BCUT2D eigenvalue weighted by molar-refractivity contribution is -0.130. The van der Waals surface area contributed by atoms with Crippen LogP contribution in [0.2, 0.25) is 0 Å². The van der Waals surface area contributed by atoms with Crippen molar-refractivity contribution >= 4 is 11.6 Å². The van der Waals surface area contributed by atoms with Crippen molar-refractivity contribution in [3.8, 4) is 11.8 Å². The number of piperidine rings is 1. The summed E-state index contributed by atoms with van der Waals surface area (Å²) in [5, 5.41) is 12.2. The minimum atomic E-state index is 0.0690. The highest BCUT2D eigenvalue weighted by molar-refractivity contribution is 5.82. The molecule has 1 N–H and O–H groups in total. The maximum absolute atomic E-state index is 12.1. The Bertz CT molecular complexity index is 516. The molecule has 1 aliphatic heterocycles. The first-order chi connectivity index (χ1) is 9.76. The van der Waals surface area contributed by atoms with E-state index < -0.39 is 0 Å². The zero-order chi connectivity index (χ0) is 14.4. The SMILES string of the molecule is COc1cccc(C#N)c1NCC(=O)N1CCCCC1. The summed E-state index contributed by atoms with van der Waals surface area (Å²) >= 11 is 0. The number of ether oxygens (including phenoxy) is 1. The van der Waals surface area contributed by atoms with E-state index in [4.69, 9.17) is 10.00 Å². The summed E-state index contributed by atoms with van der Waals surface area (Å²) in [6.45, 7) is 1.85. The molecule has 1 aliphatic rings. The summed E-state index contributed by atoms with van der Waals surface area (Å²) in [5.41, 5.74) is 1.07. The van der Waals surface area contributed by atoms with Gasteiger partial charge >= 0.3 is 0 Å². The summed E-state index contributed by atoms with van der Waals surface area (Å²) in [6.07, 6.45) is 3.34. The number of nitrogens with zero attached hydrogens (tertiary/aromatic N) is 2. The lowest BCUT2D eigenvalue weighted by Gasteiger charge is -2.27. The van der Waals surface area contributed by atoms with Gasteiger partial charge in [0.05, 0.1) is 24.9 Å². The van der Waals surface area contributed by atoms with Gasteiger partial charge in [-0.25, -0.2) is 0 Å². The number of hydrogen-bond donors (Lipinski definition) is 1. The topological polar surface area (TPSA) is 65.4 Å². The van der Waals surface area contributed by atoms with Gasteiger partial charge in [-0.05, 0) is 31.4 Å². The molecule has 1 aromatic carbocycles. The lowest BCUT2D eigenvalue weighted by atomic mass is 10.1. The highest BCUT2D eigenvalue weighted by Gasteiger charge is 2.17. The van der Waals surface area contributed by atoms with Crippen LogP contribution in [0.5, 0.6) is 5.75 Å². The van der Waals surface area contributed by atoms with Crippen molar-refractivity contribution in [3.05, 3.63) is 23.8 Å². The average Bonchev–Trinajstić information content (AvgIpc) is 2.52. The molecular weight excluding hydrogens is 254 g/mol. The molecule has 0 aromatic heterocycles. The van der Waals surface area contributed by atoms with E-state index in [9.17, 15) is 4.79 Å². The van der Waals surface area contributed by atoms with E-state index in [0.29, 0.717) is 17.0 Å². The smallest absolute Gasteiger partial charge is 0.241 e. The summed E-state index contributed by atoms with van der Waals surface area (Å²) < 4.78 is 5.23. The first-order valence-electron chi connectivity index (χ1n) is 6.85. The van der Waals surface area contributed by atoms with E-state index in [0.717, 1.165) is 25.9 Å². The Kier molecular flexibility index (Phi) is 4.83. The largest absolute Gasteiger partial charge is 0.495 e. The zero-order valence-electron chi connectivity index (χ0n) is 11.7. The van der Waals surface area contributed by atoms with Crippen LogP contribution in [-0.4, -0.2) is 37.6 Å². The number of carbonyl (C=O) groups excluding carboxylic acids is 1. The van der Waals surface area contributed by atoms with Crippen molar-refractivity contribution in [2.45, 2.75) is 19.3 Å². The second-order valence-electron chi connectivity index (χ2n) is 4.79. The average molecular weight is 273 g/mol. The molecule has 1 fully saturated rings. The van der Waals surface area contributed by atoms with Gasteiger partial charge in [-0.15, -0.1) is 0 Å². The van der Waals surface area contributed by atoms with Crippen LogP contribution in [0.15, 0.2) is 18.2 Å². The number of anilines is 1. The predicted octanol–water partition coefficient (Wildman–Crippen LogP) is 1.99. The van der Waals surface area contributed by atoms with Crippen LogP contribution < -0.4 is 10.1 Å². The van der Waals surface area contributed by atoms with Crippen molar-refractivity contribution in [2.75, 3.05) is 32.1 Å². The summed E-state index contributed by atoms with van der Waals surface area (Å²) in [6, 6.07) is 7.34. The number of nitrogens with one attached hydrogen (secondary N) is 1. The Morgan fingerprint density at radius 3 is 2.80 bits per heavy atom. The Hall–Kier alpha value is -2.22. The number of hydrogen-bond acceptors (Lipinski definition) is 4. The standard InChI is InChI=1S/C15H19N3O2/c1-20-13-7-5-6-12(10-16)15(13)17-11-14(19)18-8-3-2-4-9-18/h5-7,17H,2-4,8-9,11H2,1H3. The first kappa shape index (κ1) is 14.2. The maximum Gasteiger partial charge on any atom is 0.241 e. The molecule has 0 radical (unpaired) electrons. The van der Waals surface area contributed by atoms with Gasteiger partial charge in [-0.3, -0.25) is 4.79 Å². The number of benzene rings is 1. The van der Waals surface area contributed by atoms with Gasteiger partial charge in [-0.2, -0.15) is 5.26 Å². The van der Waals surface area contributed by atoms with E-state index in [2.05, 4.69) is 11.4 Å². The van der Waals surface area contributed by atoms with Crippen molar-refractivity contribution in [1.29, 1.82) is 5.26 Å². The molecule has 5 nitrogen and oxygen atoms in total. The van der Waals surface area contributed by atoms with Gasteiger partial charge in [0.1, 0.15) is 11.8 Å². The summed E-state index contributed by atoms with van der Waals surface area (Å²) in [4.78, 5) is 14.0. The van der Waals surface area contributed by atoms with E-state index in [1.165, 1.54) is 6.42 Å². The maximum atomic E-state index is 12.1. The third-order valence-electron chi connectivity index (χ3n) is 3.49. The number of carbonyl (C=O) groups is 1. The number of nitriles is 1. The fourth-order valence-electron chi connectivity index (χ4n) is 2.40. The van der Waals surface area contributed by atoms with Gasteiger partial charge in [0.15, 0.2) is 0 Å². The van der Waals surface area contributed by atoms with Crippen LogP contribution in [0.4, 0.5) is 5.69 Å². The Morgan fingerprint density at radius 1 is 1.40 bits per heavy atom. The van der Waals surface area contributed by atoms with Gasteiger partial charge in [0.2, 0.25) is 5.91 Å². The Morgan fingerprint density at radius 2 is 2.15 bits per heavy atom. The minimum Gasteiger partial charge on any atom is -0.495 e. The van der Waals surface area contributed by atoms with Crippen molar-refractivity contribution in [1.82, 2.24) is 4.90 Å².